The van der Waals surface area contributed by atoms with Gasteiger partial charge in [-0.15, -0.1) is 0 Å². The van der Waals surface area contributed by atoms with Crippen molar-refractivity contribution in [3.8, 4) is 0 Å². The van der Waals surface area contributed by atoms with Gasteiger partial charge in [0.1, 0.15) is 0 Å². The Morgan fingerprint density at radius 1 is 1.21 bits per heavy atom. The highest BCUT2D eigenvalue weighted by molar-refractivity contribution is 14.1. The summed E-state index contributed by atoms with van der Waals surface area (Å²) in [7, 11) is 2.08. The van der Waals surface area contributed by atoms with Crippen molar-refractivity contribution in [1.29, 1.82) is 0 Å². The molecule has 0 heterocycles. The van der Waals surface area contributed by atoms with E-state index in [1.807, 2.05) is 30.3 Å². The Kier molecular flexibility index (Phi) is 4.58. The quantitative estimate of drug-likeness (QED) is 0.611. The monoisotopic (exact) mass is 386 g/mol. The van der Waals surface area contributed by atoms with E-state index >= 15 is 0 Å². The summed E-state index contributed by atoms with van der Waals surface area (Å²) in [5, 5.41) is 0.768. The maximum atomic E-state index is 6.06. The lowest BCUT2D eigenvalue weighted by Gasteiger charge is -2.28. The van der Waals surface area contributed by atoms with Gasteiger partial charge in [0.05, 0.1) is 11.7 Å². The second-order valence-corrected chi connectivity index (χ2v) is 6.15. The van der Waals surface area contributed by atoms with Gasteiger partial charge in [-0.25, -0.2) is 0 Å². The van der Waals surface area contributed by atoms with Gasteiger partial charge in [-0.1, -0.05) is 23.7 Å². The lowest BCUT2D eigenvalue weighted by atomic mass is 10.1. The zero-order valence-corrected chi connectivity index (χ0v) is 13.8. The Morgan fingerprint density at radius 2 is 1.95 bits per heavy atom. The van der Waals surface area contributed by atoms with Crippen LogP contribution >= 0.6 is 34.2 Å². The zero-order chi connectivity index (χ0) is 14.0. The van der Waals surface area contributed by atoms with E-state index in [1.54, 1.807) is 0 Å². The van der Waals surface area contributed by atoms with Crippen LogP contribution in [0, 0.1) is 3.57 Å². The Hall–Kier alpha value is -0.940. The van der Waals surface area contributed by atoms with E-state index in [1.165, 1.54) is 11.3 Å². The fourth-order valence-electron chi connectivity index (χ4n) is 2.01. The van der Waals surface area contributed by atoms with Gasteiger partial charge in [0.2, 0.25) is 0 Å². The van der Waals surface area contributed by atoms with E-state index in [9.17, 15) is 0 Å². The van der Waals surface area contributed by atoms with Crippen LogP contribution in [-0.2, 0) is 0 Å². The molecule has 0 spiro atoms. The SMILES string of the molecule is CC(c1cccc(Cl)c1)N(C)c1ccc(N)cc1I. The van der Waals surface area contributed by atoms with Gasteiger partial charge in [0, 0.05) is 21.3 Å². The first kappa shape index (κ1) is 14.5. The molecule has 0 aliphatic carbocycles. The normalized spacial score (nSPS) is 12.2. The third-order valence-electron chi connectivity index (χ3n) is 3.26. The number of hydrogen-bond acceptors (Lipinski definition) is 2. The molecule has 19 heavy (non-hydrogen) atoms. The van der Waals surface area contributed by atoms with Crippen molar-refractivity contribution in [2.45, 2.75) is 13.0 Å². The summed E-state index contributed by atoms with van der Waals surface area (Å²) in [5.74, 6) is 0. The minimum atomic E-state index is 0.246. The van der Waals surface area contributed by atoms with E-state index in [2.05, 4.69) is 53.6 Å². The minimum absolute atomic E-state index is 0.246. The second-order valence-electron chi connectivity index (χ2n) is 4.55. The average molecular weight is 387 g/mol. The summed E-state index contributed by atoms with van der Waals surface area (Å²) in [6, 6.07) is 14.2. The first-order valence-electron chi connectivity index (χ1n) is 6.02. The predicted molar refractivity (Wildman–Crippen MR) is 91.8 cm³/mol. The maximum Gasteiger partial charge on any atom is 0.0511 e. The molecule has 2 N–H and O–H groups in total. The third-order valence-corrected chi connectivity index (χ3v) is 4.36. The molecule has 0 saturated carbocycles. The molecular weight excluding hydrogens is 371 g/mol. The van der Waals surface area contributed by atoms with Crippen LogP contribution in [0.4, 0.5) is 11.4 Å². The Bertz CT molecular complexity index is 586. The number of anilines is 2. The fraction of sp³-hybridized carbons (Fsp3) is 0.200. The van der Waals surface area contributed by atoms with Crippen LogP contribution in [0.3, 0.4) is 0 Å². The highest BCUT2D eigenvalue weighted by Gasteiger charge is 2.14. The molecule has 1 atom stereocenters. The number of halogens is 2. The van der Waals surface area contributed by atoms with Gasteiger partial charge in [0.25, 0.3) is 0 Å². The highest BCUT2D eigenvalue weighted by atomic mass is 127. The largest absolute Gasteiger partial charge is 0.399 e. The van der Waals surface area contributed by atoms with Crippen molar-refractivity contribution in [3.63, 3.8) is 0 Å². The minimum Gasteiger partial charge on any atom is -0.399 e. The van der Waals surface area contributed by atoms with Crippen molar-refractivity contribution in [1.82, 2.24) is 0 Å². The van der Waals surface area contributed by atoms with Crippen molar-refractivity contribution >= 4 is 45.6 Å². The Balaban J connectivity index is 2.30. The van der Waals surface area contributed by atoms with Crippen LogP contribution in [0.25, 0.3) is 0 Å². The van der Waals surface area contributed by atoms with Crippen molar-refractivity contribution in [3.05, 3.63) is 56.6 Å². The summed E-state index contributed by atoms with van der Waals surface area (Å²) < 4.78 is 1.15. The van der Waals surface area contributed by atoms with E-state index in [0.29, 0.717) is 0 Å². The summed E-state index contributed by atoms with van der Waals surface area (Å²) >= 11 is 8.37. The summed E-state index contributed by atoms with van der Waals surface area (Å²) in [5.41, 5.74) is 8.95. The molecule has 0 saturated heterocycles. The molecule has 1 unspecified atom stereocenters. The van der Waals surface area contributed by atoms with Crippen LogP contribution < -0.4 is 10.6 Å². The van der Waals surface area contributed by atoms with Gasteiger partial charge in [-0.3, -0.25) is 0 Å². The van der Waals surface area contributed by atoms with E-state index in [4.69, 9.17) is 17.3 Å². The molecule has 2 rings (SSSR count). The molecule has 0 aliphatic rings. The fourth-order valence-corrected chi connectivity index (χ4v) is 3.13. The Labute approximate surface area is 132 Å². The summed E-state index contributed by atoms with van der Waals surface area (Å²) in [6.07, 6.45) is 0. The average Bonchev–Trinajstić information content (AvgIpc) is 2.37. The van der Waals surface area contributed by atoms with E-state index < -0.39 is 0 Å². The molecule has 0 amide bonds. The smallest absolute Gasteiger partial charge is 0.0511 e. The van der Waals surface area contributed by atoms with Crippen LogP contribution in [0.15, 0.2) is 42.5 Å². The maximum absolute atomic E-state index is 6.06. The molecule has 100 valence electrons. The lowest BCUT2D eigenvalue weighted by Crippen LogP contribution is -2.22. The molecule has 0 fully saturated rings. The van der Waals surface area contributed by atoms with E-state index in [-0.39, 0.29) is 6.04 Å². The molecule has 0 bridgehead atoms. The predicted octanol–water partition coefficient (Wildman–Crippen LogP) is 4.72. The number of nitrogens with zero attached hydrogens (tertiary/aromatic N) is 1. The molecule has 4 heteroatoms. The molecule has 0 radical (unpaired) electrons. The number of benzene rings is 2. The van der Waals surface area contributed by atoms with Crippen LogP contribution in [0.2, 0.25) is 5.02 Å². The molecule has 2 aromatic carbocycles. The molecule has 2 nitrogen and oxygen atoms in total. The molecule has 0 aromatic heterocycles. The van der Waals surface area contributed by atoms with Gasteiger partial charge in [-0.2, -0.15) is 0 Å². The topological polar surface area (TPSA) is 29.3 Å². The lowest BCUT2D eigenvalue weighted by molar-refractivity contribution is 0.738. The first-order chi connectivity index (χ1) is 8.99. The summed E-state index contributed by atoms with van der Waals surface area (Å²) in [4.78, 5) is 2.23. The molecular formula is C15H16ClIN2. The molecule has 2 aromatic rings. The van der Waals surface area contributed by atoms with Crippen molar-refractivity contribution < 1.29 is 0 Å². The van der Waals surface area contributed by atoms with Crippen molar-refractivity contribution in [2.24, 2.45) is 0 Å². The van der Waals surface area contributed by atoms with Crippen LogP contribution in [0.5, 0.6) is 0 Å². The Morgan fingerprint density at radius 3 is 2.58 bits per heavy atom. The first-order valence-corrected chi connectivity index (χ1v) is 7.48. The summed E-state index contributed by atoms with van der Waals surface area (Å²) in [6.45, 7) is 2.16. The van der Waals surface area contributed by atoms with Crippen molar-refractivity contribution in [2.75, 3.05) is 17.7 Å². The van der Waals surface area contributed by atoms with Gasteiger partial charge in [-0.05, 0) is 65.4 Å². The highest BCUT2D eigenvalue weighted by Crippen LogP contribution is 2.31. The number of hydrogen-bond donors (Lipinski definition) is 1. The van der Waals surface area contributed by atoms with Crippen LogP contribution in [0.1, 0.15) is 18.5 Å². The van der Waals surface area contributed by atoms with Gasteiger partial charge in [0.15, 0.2) is 0 Å². The zero-order valence-electron chi connectivity index (χ0n) is 10.9. The number of nitrogen functional groups attached to an aromatic ring is 1. The number of nitrogens with two attached hydrogens (primary N) is 1. The van der Waals surface area contributed by atoms with Gasteiger partial charge < -0.3 is 10.6 Å². The van der Waals surface area contributed by atoms with E-state index in [0.717, 1.165) is 14.3 Å². The number of rotatable bonds is 3. The van der Waals surface area contributed by atoms with Gasteiger partial charge >= 0.3 is 0 Å². The van der Waals surface area contributed by atoms with Crippen LogP contribution in [-0.4, -0.2) is 7.05 Å². The molecule has 0 aliphatic heterocycles. The second kappa shape index (κ2) is 6.01. The third kappa shape index (κ3) is 3.34. The standard InChI is InChI=1S/C15H16ClIN2/c1-10(11-4-3-5-12(16)8-11)19(2)15-7-6-13(18)9-14(15)17/h3-10H,18H2,1-2H3.